The highest BCUT2D eigenvalue weighted by molar-refractivity contribution is 5.90. The van der Waals surface area contributed by atoms with Gasteiger partial charge in [-0.15, -0.1) is 0 Å². The molecule has 1 aliphatic heterocycles. The van der Waals surface area contributed by atoms with Crippen LogP contribution < -0.4 is 4.74 Å². The number of carboxylic acid groups (broad SMARTS) is 1. The van der Waals surface area contributed by atoms with Gasteiger partial charge in [-0.3, -0.25) is 4.90 Å². The Morgan fingerprint density at radius 3 is 2.47 bits per heavy atom. The Balaban J connectivity index is 2.22. The zero-order valence-electron chi connectivity index (χ0n) is 19.6. The standard InChI is InChI=1S/C26H33NO5/c1-6-7-10-18-15-17-16-19(31-5)13-14-20(17)23(27(18)25(30)32-26(2,3)4)21-11-8-9-12-22(21)24(28)29/h8-9,11-14,16,18,23H,6-7,10,15H2,1-5H3,(H,28,29)/t18-,23-/m0/s1. The van der Waals surface area contributed by atoms with Gasteiger partial charge in [-0.1, -0.05) is 44.0 Å². The molecule has 172 valence electrons. The molecule has 2 aromatic carbocycles. The monoisotopic (exact) mass is 439 g/mol. The maximum absolute atomic E-state index is 13.5. The van der Waals surface area contributed by atoms with E-state index in [1.807, 2.05) is 45.0 Å². The van der Waals surface area contributed by atoms with E-state index < -0.39 is 23.7 Å². The first-order chi connectivity index (χ1) is 15.2. The molecule has 6 heteroatoms. The van der Waals surface area contributed by atoms with Crippen LogP contribution in [0.3, 0.4) is 0 Å². The van der Waals surface area contributed by atoms with E-state index in [2.05, 4.69) is 6.92 Å². The molecular weight excluding hydrogens is 406 g/mol. The van der Waals surface area contributed by atoms with Crippen molar-refractivity contribution in [2.45, 2.75) is 71.1 Å². The number of fused-ring (bicyclic) bond motifs is 1. The molecule has 0 bridgehead atoms. The quantitative estimate of drug-likeness (QED) is 0.612. The van der Waals surface area contributed by atoms with Crippen molar-refractivity contribution in [2.75, 3.05) is 7.11 Å². The molecule has 0 unspecified atom stereocenters. The zero-order chi connectivity index (χ0) is 23.5. The minimum atomic E-state index is -1.02. The molecule has 1 N–H and O–H groups in total. The van der Waals surface area contributed by atoms with Gasteiger partial charge in [0.2, 0.25) is 0 Å². The molecule has 0 saturated heterocycles. The Kier molecular flexibility index (Phi) is 7.12. The van der Waals surface area contributed by atoms with Gasteiger partial charge in [0.25, 0.3) is 0 Å². The average molecular weight is 440 g/mol. The normalized spacial score (nSPS) is 18.1. The number of benzene rings is 2. The van der Waals surface area contributed by atoms with Crippen LogP contribution in [0.5, 0.6) is 5.75 Å². The van der Waals surface area contributed by atoms with E-state index in [4.69, 9.17) is 9.47 Å². The first-order valence-electron chi connectivity index (χ1n) is 11.2. The van der Waals surface area contributed by atoms with Crippen LogP contribution >= 0.6 is 0 Å². The number of ether oxygens (including phenoxy) is 2. The molecule has 0 fully saturated rings. The number of unbranched alkanes of at least 4 members (excludes halogenated alkanes) is 1. The third-order valence-corrected chi connectivity index (χ3v) is 5.75. The van der Waals surface area contributed by atoms with Crippen molar-refractivity contribution < 1.29 is 24.2 Å². The summed E-state index contributed by atoms with van der Waals surface area (Å²) in [4.78, 5) is 27.4. The number of rotatable bonds is 6. The molecule has 0 aromatic heterocycles. The number of nitrogens with zero attached hydrogens (tertiary/aromatic N) is 1. The Morgan fingerprint density at radius 2 is 1.84 bits per heavy atom. The van der Waals surface area contributed by atoms with Crippen molar-refractivity contribution in [1.29, 1.82) is 0 Å². The van der Waals surface area contributed by atoms with Crippen LogP contribution in [-0.4, -0.2) is 40.8 Å². The second kappa shape index (κ2) is 9.63. The molecule has 1 heterocycles. The predicted molar refractivity (Wildman–Crippen MR) is 123 cm³/mol. The Hall–Kier alpha value is -3.02. The van der Waals surface area contributed by atoms with Crippen LogP contribution in [0.4, 0.5) is 4.79 Å². The summed E-state index contributed by atoms with van der Waals surface area (Å²) < 4.78 is 11.3. The molecule has 32 heavy (non-hydrogen) atoms. The van der Waals surface area contributed by atoms with Gasteiger partial charge in [0, 0.05) is 6.04 Å². The highest BCUT2D eigenvalue weighted by atomic mass is 16.6. The lowest BCUT2D eigenvalue weighted by Gasteiger charge is -2.44. The lowest BCUT2D eigenvalue weighted by atomic mass is 9.82. The molecule has 6 nitrogen and oxygen atoms in total. The Morgan fingerprint density at radius 1 is 1.12 bits per heavy atom. The van der Waals surface area contributed by atoms with Gasteiger partial charge in [-0.2, -0.15) is 0 Å². The van der Waals surface area contributed by atoms with Crippen molar-refractivity contribution in [3.8, 4) is 5.75 Å². The highest BCUT2D eigenvalue weighted by Gasteiger charge is 2.41. The molecule has 1 aliphatic rings. The van der Waals surface area contributed by atoms with Crippen molar-refractivity contribution in [3.63, 3.8) is 0 Å². The minimum Gasteiger partial charge on any atom is -0.497 e. The highest BCUT2D eigenvalue weighted by Crippen LogP contribution is 2.42. The SMILES string of the molecule is CCCC[C@H]1Cc2cc(OC)ccc2[C@@H](c2ccccc2C(=O)O)N1C(=O)OC(C)(C)C. The molecule has 0 aliphatic carbocycles. The fourth-order valence-electron chi connectivity index (χ4n) is 4.36. The number of carbonyl (C=O) groups excluding carboxylic acids is 1. The second-order valence-electron chi connectivity index (χ2n) is 9.25. The van der Waals surface area contributed by atoms with Crippen LogP contribution in [-0.2, 0) is 11.2 Å². The van der Waals surface area contributed by atoms with Gasteiger partial charge in [-0.05, 0) is 68.5 Å². The van der Waals surface area contributed by atoms with E-state index >= 15 is 0 Å². The number of hydrogen-bond donors (Lipinski definition) is 1. The van der Waals surface area contributed by atoms with Crippen molar-refractivity contribution in [1.82, 2.24) is 4.90 Å². The van der Waals surface area contributed by atoms with E-state index in [1.54, 1.807) is 30.2 Å². The van der Waals surface area contributed by atoms with Gasteiger partial charge >= 0.3 is 12.1 Å². The van der Waals surface area contributed by atoms with E-state index in [0.717, 1.165) is 36.1 Å². The number of hydrogen-bond acceptors (Lipinski definition) is 4. The molecular formula is C26H33NO5. The summed E-state index contributed by atoms with van der Waals surface area (Å²) in [5.41, 5.74) is 2.07. The van der Waals surface area contributed by atoms with Gasteiger partial charge in [0.1, 0.15) is 11.4 Å². The Labute approximate surface area is 190 Å². The fraction of sp³-hybridized carbons (Fsp3) is 0.462. The van der Waals surface area contributed by atoms with E-state index in [1.165, 1.54) is 0 Å². The summed E-state index contributed by atoms with van der Waals surface area (Å²) in [6, 6.07) is 12.0. The third-order valence-electron chi connectivity index (χ3n) is 5.75. The Bertz CT molecular complexity index is 978. The molecule has 0 saturated carbocycles. The molecule has 0 radical (unpaired) electrons. The fourth-order valence-corrected chi connectivity index (χ4v) is 4.36. The summed E-state index contributed by atoms with van der Waals surface area (Å²) in [6.07, 6.45) is 3.00. The largest absolute Gasteiger partial charge is 0.497 e. The van der Waals surface area contributed by atoms with Gasteiger partial charge < -0.3 is 14.6 Å². The van der Waals surface area contributed by atoms with Gasteiger partial charge in [-0.25, -0.2) is 9.59 Å². The maximum atomic E-state index is 13.5. The molecule has 2 atom stereocenters. The second-order valence-corrected chi connectivity index (χ2v) is 9.25. The van der Waals surface area contributed by atoms with Crippen molar-refractivity contribution >= 4 is 12.1 Å². The number of carboxylic acids is 1. The van der Waals surface area contributed by atoms with Crippen LogP contribution in [0.15, 0.2) is 42.5 Å². The summed E-state index contributed by atoms with van der Waals surface area (Å²) in [5.74, 6) is -0.274. The van der Waals surface area contributed by atoms with E-state index in [-0.39, 0.29) is 11.6 Å². The van der Waals surface area contributed by atoms with Crippen LogP contribution in [0, 0.1) is 0 Å². The smallest absolute Gasteiger partial charge is 0.411 e. The first kappa shape index (κ1) is 23.6. The maximum Gasteiger partial charge on any atom is 0.411 e. The molecule has 1 amide bonds. The molecule has 0 spiro atoms. The first-order valence-corrected chi connectivity index (χ1v) is 11.2. The van der Waals surface area contributed by atoms with Crippen LogP contribution in [0.2, 0.25) is 0 Å². The van der Waals surface area contributed by atoms with E-state index in [9.17, 15) is 14.7 Å². The van der Waals surface area contributed by atoms with Gasteiger partial charge in [0.05, 0.1) is 18.7 Å². The average Bonchev–Trinajstić information content (AvgIpc) is 2.74. The molecule has 2 aromatic rings. The number of methoxy groups -OCH3 is 1. The lowest BCUT2D eigenvalue weighted by molar-refractivity contribution is 0.00445. The lowest BCUT2D eigenvalue weighted by Crippen LogP contribution is -2.49. The summed E-state index contributed by atoms with van der Waals surface area (Å²) in [5, 5.41) is 9.89. The zero-order valence-corrected chi connectivity index (χ0v) is 19.6. The van der Waals surface area contributed by atoms with Crippen LogP contribution in [0.25, 0.3) is 0 Å². The van der Waals surface area contributed by atoms with Gasteiger partial charge in [0.15, 0.2) is 0 Å². The predicted octanol–water partition coefficient (Wildman–Crippen LogP) is 5.83. The third kappa shape index (κ3) is 5.06. The number of amides is 1. The number of carbonyl (C=O) groups is 2. The number of aromatic carboxylic acids is 1. The molecule has 3 rings (SSSR count). The van der Waals surface area contributed by atoms with E-state index in [0.29, 0.717) is 12.0 Å². The summed E-state index contributed by atoms with van der Waals surface area (Å²) in [6.45, 7) is 7.65. The van der Waals surface area contributed by atoms with Crippen molar-refractivity contribution in [2.24, 2.45) is 0 Å². The minimum absolute atomic E-state index is 0.115. The summed E-state index contributed by atoms with van der Waals surface area (Å²) >= 11 is 0. The van der Waals surface area contributed by atoms with Crippen LogP contribution in [0.1, 0.15) is 80.0 Å². The topological polar surface area (TPSA) is 76.1 Å². The van der Waals surface area contributed by atoms with Crippen molar-refractivity contribution in [3.05, 3.63) is 64.7 Å². The summed E-state index contributed by atoms with van der Waals surface area (Å²) in [7, 11) is 1.63.